The summed E-state index contributed by atoms with van der Waals surface area (Å²) in [5.41, 5.74) is 3.03. The van der Waals surface area contributed by atoms with Crippen LogP contribution in [0.2, 0.25) is 0 Å². The van der Waals surface area contributed by atoms with Crippen molar-refractivity contribution in [2.45, 2.75) is 129 Å². The Morgan fingerprint density at radius 1 is 0.394 bits per heavy atom. The SMILES string of the molecule is CCCCCCCCCC[c-]1cccc1.CCCCCCCCCC[c-]1cccc1.[Cl-].[Cl-].[Zr+4]. The zero-order valence-corrected chi connectivity index (χ0v) is 25.6. The largest absolute Gasteiger partial charge is 4.00 e. The molecule has 0 fully saturated rings. The Bertz CT molecular complexity index is 483. The van der Waals surface area contributed by atoms with Gasteiger partial charge in [0.2, 0.25) is 0 Å². The van der Waals surface area contributed by atoms with E-state index in [1.165, 1.54) is 127 Å². The third-order valence-corrected chi connectivity index (χ3v) is 6.10. The molecule has 0 aliphatic carbocycles. The van der Waals surface area contributed by atoms with Gasteiger partial charge in [-0.05, 0) is 0 Å². The third kappa shape index (κ3) is 25.1. The van der Waals surface area contributed by atoms with E-state index >= 15 is 0 Å². The molecule has 0 bridgehead atoms. The number of aryl methyl sites for hydroxylation is 2. The van der Waals surface area contributed by atoms with Gasteiger partial charge in [0, 0.05) is 0 Å². The number of unbranched alkanes of at least 4 members (excludes halogenated alkanes) is 14. The van der Waals surface area contributed by atoms with Crippen LogP contribution in [0.15, 0.2) is 48.5 Å². The second-order valence-corrected chi connectivity index (χ2v) is 9.04. The molecule has 2 aromatic rings. The molecule has 0 radical (unpaired) electrons. The summed E-state index contributed by atoms with van der Waals surface area (Å²) in [4.78, 5) is 0. The van der Waals surface area contributed by atoms with Gasteiger partial charge < -0.3 is 24.8 Å². The first-order valence-electron chi connectivity index (χ1n) is 13.3. The molecule has 2 aromatic carbocycles. The van der Waals surface area contributed by atoms with Crippen molar-refractivity contribution >= 4 is 0 Å². The maximum atomic E-state index is 2.28. The van der Waals surface area contributed by atoms with Crippen LogP contribution in [0.3, 0.4) is 0 Å². The Hall–Kier alpha value is 0.163. The van der Waals surface area contributed by atoms with Gasteiger partial charge in [-0.25, -0.2) is 24.3 Å². The molecular weight excluding hydrogens is 522 g/mol. The van der Waals surface area contributed by atoms with Gasteiger partial charge in [0.15, 0.2) is 0 Å². The molecule has 0 atom stereocenters. The molecule has 3 heteroatoms. The fraction of sp³-hybridized carbons (Fsp3) is 0.667. The van der Waals surface area contributed by atoms with Crippen molar-refractivity contribution < 1.29 is 51.0 Å². The smallest absolute Gasteiger partial charge is 1.00 e. The number of halogens is 2. The summed E-state index contributed by atoms with van der Waals surface area (Å²) < 4.78 is 0. The van der Waals surface area contributed by atoms with Crippen molar-refractivity contribution in [3.8, 4) is 0 Å². The summed E-state index contributed by atoms with van der Waals surface area (Å²) in [5.74, 6) is 0. The molecule has 188 valence electrons. The first-order valence-corrected chi connectivity index (χ1v) is 13.3. The second-order valence-electron chi connectivity index (χ2n) is 9.04. The monoisotopic (exact) mass is 570 g/mol. The third-order valence-electron chi connectivity index (χ3n) is 6.10. The molecule has 2 rings (SSSR count). The topological polar surface area (TPSA) is 0 Å². The van der Waals surface area contributed by atoms with E-state index in [4.69, 9.17) is 0 Å². The van der Waals surface area contributed by atoms with Crippen molar-refractivity contribution in [2.24, 2.45) is 0 Å². The summed E-state index contributed by atoms with van der Waals surface area (Å²) in [6.07, 6.45) is 25.2. The van der Waals surface area contributed by atoms with Crippen molar-refractivity contribution in [3.05, 3.63) is 59.7 Å². The summed E-state index contributed by atoms with van der Waals surface area (Å²) >= 11 is 0. The van der Waals surface area contributed by atoms with E-state index in [1.54, 1.807) is 0 Å². The van der Waals surface area contributed by atoms with Crippen LogP contribution in [-0.4, -0.2) is 0 Å². The molecule has 0 saturated heterocycles. The van der Waals surface area contributed by atoms with E-state index in [1.807, 2.05) is 0 Å². The molecule has 0 aromatic heterocycles. The quantitative estimate of drug-likeness (QED) is 0.186. The minimum absolute atomic E-state index is 0. The molecule has 0 N–H and O–H groups in total. The summed E-state index contributed by atoms with van der Waals surface area (Å²) in [6, 6.07) is 17.5. The number of hydrogen-bond donors (Lipinski definition) is 0. The van der Waals surface area contributed by atoms with Crippen LogP contribution in [0.1, 0.15) is 128 Å². The van der Waals surface area contributed by atoms with Gasteiger partial charge in [-0.3, -0.25) is 0 Å². The van der Waals surface area contributed by atoms with Gasteiger partial charge in [0.1, 0.15) is 0 Å². The minimum atomic E-state index is 0. The van der Waals surface area contributed by atoms with E-state index in [-0.39, 0.29) is 51.0 Å². The first kappa shape index (κ1) is 37.7. The molecule has 0 nitrogen and oxygen atoms in total. The first-order chi connectivity index (χ1) is 14.9. The zero-order chi connectivity index (χ0) is 21.5. The van der Waals surface area contributed by atoms with Crippen molar-refractivity contribution in [1.29, 1.82) is 0 Å². The predicted octanol–water partition coefficient (Wildman–Crippen LogP) is 4.18. The van der Waals surface area contributed by atoms with Crippen LogP contribution >= 0.6 is 0 Å². The Morgan fingerprint density at radius 3 is 0.909 bits per heavy atom. The van der Waals surface area contributed by atoms with Crippen LogP contribution in [0.25, 0.3) is 0 Å². The van der Waals surface area contributed by atoms with Crippen LogP contribution in [-0.2, 0) is 39.0 Å². The van der Waals surface area contributed by atoms with Crippen LogP contribution in [0.5, 0.6) is 0 Å². The zero-order valence-electron chi connectivity index (χ0n) is 21.6. The molecule has 0 aliphatic heterocycles. The summed E-state index contributed by atoms with van der Waals surface area (Å²) in [6.45, 7) is 4.56. The Balaban J connectivity index is -0.000000500. The molecule has 0 aliphatic rings. The summed E-state index contributed by atoms with van der Waals surface area (Å²) in [7, 11) is 0. The van der Waals surface area contributed by atoms with Gasteiger partial charge >= 0.3 is 26.2 Å². The maximum Gasteiger partial charge on any atom is 4.00 e. The van der Waals surface area contributed by atoms with E-state index in [2.05, 4.69) is 62.4 Å². The molecule has 0 unspecified atom stereocenters. The number of hydrogen-bond acceptors (Lipinski definition) is 0. The van der Waals surface area contributed by atoms with Gasteiger partial charge in [0.05, 0.1) is 0 Å². The number of rotatable bonds is 18. The van der Waals surface area contributed by atoms with Crippen molar-refractivity contribution in [2.75, 3.05) is 0 Å². The van der Waals surface area contributed by atoms with Crippen LogP contribution < -0.4 is 24.8 Å². The van der Waals surface area contributed by atoms with Gasteiger partial charge in [-0.15, -0.1) is 0 Å². The molecule has 33 heavy (non-hydrogen) atoms. The average Bonchev–Trinajstić information content (AvgIpc) is 3.47. The second kappa shape index (κ2) is 30.2. The minimum Gasteiger partial charge on any atom is -1.00 e. The molecule has 0 spiro atoms. The van der Waals surface area contributed by atoms with Crippen LogP contribution in [0, 0.1) is 0 Å². The van der Waals surface area contributed by atoms with E-state index in [0.29, 0.717) is 0 Å². The predicted molar refractivity (Wildman–Crippen MR) is 137 cm³/mol. The van der Waals surface area contributed by atoms with Gasteiger partial charge in [-0.2, -0.15) is 35.4 Å². The van der Waals surface area contributed by atoms with Crippen LogP contribution in [0.4, 0.5) is 0 Å². The molecular formula is C30H50Cl2Zr. The fourth-order valence-corrected chi connectivity index (χ4v) is 4.09. The standard InChI is InChI=1S/2C15H25.2ClH.Zr/c2*1-2-3-4-5-6-7-8-9-12-15-13-10-11-14-15;;;/h2*10-11,13-14H,2-9,12H2,1H3;2*1H;/q2*-1;;;+4/p-2. The Kier molecular flexibility index (Phi) is 34.5. The molecule has 0 saturated carbocycles. The maximum absolute atomic E-state index is 2.28. The van der Waals surface area contributed by atoms with Crippen molar-refractivity contribution in [1.82, 2.24) is 0 Å². The Morgan fingerprint density at radius 2 is 0.636 bits per heavy atom. The van der Waals surface area contributed by atoms with E-state index in [0.717, 1.165) is 0 Å². The average molecular weight is 573 g/mol. The molecule has 0 heterocycles. The van der Waals surface area contributed by atoms with E-state index < -0.39 is 0 Å². The molecule has 0 amide bonds. The van der Waals surface area contributed by atoms with Gasteiger partial charge in [-0.1, -0.05) is 129 Å². The van der Waals surface area contributed by atoms with Gasteiger partial charge in [0.25, 0.3) is 0 Å². The normalized spacial score (nSPS) is 9.76. The fourth-order valence-electron chi connectivity index (χ4n) is 4.09. The summed E-state index contributed by atoms with van der Waals surface area (Å²) in [5, 5.41) is 0. The van der Waals surface area contributed by atoms with E-state index in [9.17, 15) is 0 Å². The Labute approximate surface area is 238 Å². The van der Waals surface area contributed by atoms with Crippen molar-refractivity contribution in [3.63, 3.8) is 0 Å².